The van der Waals surface area contributed by atoms with E-state index in [2.05, 4.69) is 10.1 Å². The molecule has 0 saturated heterocycles. The van der Waals surface area contributed by atoms with E-state index in [1.165, 1.54) is 12.1 Å². The van der Waals surface area contributed by atoms with Gasteiger partial charge in [0.05, 0.1) is 25.7 Å². The third-order valence-corrected chi connectivity index (χ3v) is 2.65. The average Bonchev–Trinajstić information content (AvgIpc) is 2.43. The predicted octanol–water partition coefficient (Wildman–Crippen LogP) is 0.898. The van der Waals surface area contributed by atoms with E-state index >= 15 is 0 Å². The number of rotatable bonds is 5. The number of aliphatic hydroxyl groups excluding tert-OH is 1. The summed E-state index contributed by atoms with van der Waals surface area (Å²) >= 11 is 0. The number of hydrogen-bond acceptors (Lipinski definition) is 4. The molecule has 0 saturated carbocycles. The van der Waals surface area contributed by atoms with Gasteiger partial charge in [-0.2, -0.15) is 13.2 Å². The van der Waals surface area contributed by atoms with E-state index < -0.39 is 36.3 Å². The summed E-state index contributed by atoms with van der Waals surface area (Å²) in [6.45, 7) is -0.634. The Hall–Kier alpha value is -2.09. The van der Waals surface area contributed by atoms with E-state index in [0.717, 1.165) is 19.2 Å². The molecular weight excluding hydrogens is 291 g/mol. The van der Waals surface area contributed by atoms with Crippen LogP contribution in [0.1, 0.15) is 11.1 Å². The second-order valence-electron chi connectivity index (χ2n) is 4.20. The Balaban J connectivity index is 2.65. The first kappa shape index (κ1) is 17.0. The Morgan fingerprint density at radius 3 is 2.29 bits per heavy atom. The standard InChI is InChI=1S/C13H14F3NO4/c1-21-12(20)10(7-18)17-11(19)6-8-2-4-9(5-3-8)13(14,15)16/h2-5,10,18H,6-7H2,1H3,(H,17,19). The third kappa shape index (κ3) is 5.07. The second-order valence-corrected chi connectivity index (χ2v) is 4.20. The van der Waals surface area contributed by atoms with Crippen molar-refractivity contribution in [3.63, 3.8) is 0 Å². The molecule has 0 spiro atoms. The molecule has 8 heteroatoms. The molecule has 0 aliphatic heterocycles. The molecular formula is C13H14F3NO4. The zero-order valence-corrected chi connectivity index (χ0v) is 11.1. The van der Waals surface area contributed by atoms with Crippen LogP contribution in [-0.2, 0) is 26.9 Å². The fraction of sp³-hybridized carbons (Fsp3) is 0.385. The summed E-state index contributed by atoms with van der Waals surface area (Å²) in [6.07, 6.45) is -4.65. The molecule has 1 aromatic carbocycles. The van der Waals surface area contributed by atoms with Crippen LogP contribution in [0.5, 0.6) is 0 Å². The maximum absolute atomic E-state index is 12.4. The molecule has 1 aromatic rings. The van der Waals surface area contributed by atoms with Crippen LogP contribution in [0.2, 0.25) is 0 Å². The number of aliphatic hydroxyl groups is 1. The van der Waals surface area contributed by atoms with Gasteiger partial charge in [-0.1, -0.05) is 12.1 Å². The third-order valence-electron chi connectivity index (χ3n) is 2.65. The smallest absolute Gasteiger partial charge is 0.416 e. The van der Waals surface area contributed by atoms with Crippen molar-refractivity contribution in [2.45, 2.75) is 18.6 Å². The van der Waals surface area contributed by atoms with Gasteiger partial charge in [0, 0.05) is 0 Å². The number of alkyl halides is 3. The van der Waals surface area contributed by atoms with E-state index in [0.29, 0.717) is 5.56 Å². The lowest BCUT2D eigenvalue weighted by atomic mass is 10.1. The van der Waals surface area contributed by atoms with Gasteiger partial charge in [-0.05, 0) is 17.7 Å². The van der Waals surface area contributed by atoms with Gasteiger partial charge in [0.1, 0.15) is 0 Å². The maximum Gasteiger partial charge on any atom is 0.416 e. The molecule has 2 N–H and O–H groups in total. The van der Waals surface area contributed by atoms with Crippen LogP contribution in [0, 0.1) is 0 Å². The van der Waals surface area contributed by atoms with Crippen molar-refractivity contribution in [1.29, 1.82) is 0 Å². The van der Waals surface area contributed by atoms with Crippen molar-refractivity contribution in [2.75, 3.05) is 13.7 Å². The normalized spacial score (nSPS) is 12.6. The largest absolute Gasteiger partial charge is 0.467 e. The summed E-state index contributed by atoms with van der Waals surface area (Å²) in [6, 6.07) is 2.89. The first-order chi connectivity index (χ1) is 9.77. The average molecular weight is 305 g/mol. The van der Waals surface area contributed by atoms with Crippen molar-refractivity contribution in [3.05, 3.63) is 35.4 Å². The molecule has 0 fully saturated rings. The van der Waals surface area contributed by atoms with Gasteiger partial charge >= 0.3 is 12.1 Å². The highest BCUT2D eigenvalue weighted by atomic mass is 19.4. The highest BCUT2D eigenvalue weighted by Crippen LogP contribution is 2.29. The monoisotopic (exact) mass is 305 g/mol. The van der Waals surface area contributed by atoms with Gasteiger partial charge in [0.15, 0.2) is 6.04 Å². The Kier molecular flexibility index (Phi) is 5.71. The van der Waals surface area contributed by atoms with E-state index in [-0.39, 0.29) is 6.42 Å². The topological polar surface area (TPSA) is 75.6 Å². The molecule has 0 aliphatic carbocycles. The van der Waals surface area contributed by atoms with Crippen molar-refractivity contribution in [1.82, 2.24) is 5.32 Å². The molecule has 0 heterocycles. The Bertz CT molecular complexity index is 499. The van der Waals surface area contributed by atoms with E-state index in [9.17, 15) is 22.8 Å². The molecule has 116 valence electrons. The van der Waals surface area contributed by atoms with Gasteiger partial charge in [0.25, 0.3) is 0 Å². The van der Waals surface area contributed by atoms with E-state index in [1.54, 1.807) is 0 Å². The number of nitrogens with one attached hydrogen (secondary N) is 1. The summed E-state index contributed by atoms with van der Waals surface area (Å²) in [4.78, 5) is 22.8. The molecule has 1 amide bonds. The number of carbonyl (C=O) groups is 2. The second kappa shape index (κ2) is 7.07. The minimum Gasteiger partial charge on any atom is -0.467 e. The molecule has 0 bridgehead atoms. The summed E-state index contributed by atoms with van der Waals surface area (Å²) in [5.74, 6) is -1.42. The summed E-state index contributed by atoms with van der Waals surface area (Å²) in [5, 5.41) is 11.2. The maximum atomic E-state index is 12.4. The number of methoxy groups -OCH3 is 1. The van der Waals surface area contributed by atoms with Crippen LogP contribution in [0.25, 0.3) is 0 Å². The van der Waals surface area contributed by atoms with Gasteiger partial charge in [-0.15, -0.1) is 0 Å². The Morgan fingerprint density at radius 1 is 1.29 bits per heavy atom. The fourth-order valence-electron chi connectivity index (χ4n) is 1.56. The zero-order valence-electron chi connectivity index (χ0n) is 11.1. The zero-order chi connectivity index (χ0) is 16.0. The number of carbonyl (C=O) groups excluding carboxylic acids is 2. The number of ether oxygens (including phenoxy) is 1. The number of hydrogen-bond donors (Lipinski definition) is 2. The van der Waals surface area contributed by atoms with Crippen LogP contribution in [-0.4, -0.2) is 36.7 Å². The lowest BCUT2D eigenvalue weighted by Gasteiger charge is -2.14. The van der Waals surface area contributed by atoms with Crippen LogP contribution in [0.4, 0.5) is 13.2 Å². The van der Waals surface area contributed by atoms with Crippen molar-refractivity contribution in [3.8, 4) is 0 Å². The number of amides is 1. The number of benzene rings is 1. The van der Waals surface area contributed by atoms with E-state index in [4.69, 9.17) is 5.11 Å². The highest BCUT2D eigenvalue weighted by Gasteiger charge is 2.30. The van der Waals surface area contributed by atoms with Crippen LogP contribution in [0.3, 0.4) is 0 Å². The summed E-state index contributed by atoms with van der Waals surface area (Å²) < 4.78 is 41.5. The van der Waals surface area contributed by atoms with Gasteiger partial charge in [0.2, 0.25) is 5.91 Å². The summed E-state index contributed by atoms with van der Waals surface area (Å²) in [5.41, 5.74) is -0.462. The van der Waals surface area contributed by atoms with Crippen LogP contribution >= 0.6 is 0 Å². The lowest BCUT2D eigenvalue weighted by molar-refractivity contribution is -0.146. The SMILES string of the molecule is COC(=O)C(CO)NC(=O)Cc1ccc(C(F)(F)F)cc1. The molecule has 1 rings (SSSR count). The van der Waals surface area contributed by atoms with E-state index in [1.807, 2.05) is 0 Å². The number of halogens is 3. The highest BCUT2D eigenvalue weighted by molar-refractivity contribution is 5.85. The molecule has 0 aromatic heterocycles. The minimum absolute atomic E-state index is 0.217. The molecule has 5 nitrogen and oxygen atoms in total. The molecule has 0 radical (unpaired) electrons. The Morgan fingerprint density at radius 2 is 1.86 bits per heavy atom. The van der Waals surface area contributed by atoms with Crippen molar-refractivity contribution >= 4 is 11.9 Å². The van der Waals surface area contributed by atoms with Gasteiger partial charge in [-0.25, -0.2) is 4.79 Å². The fourth-order valence-corrected chi connectivity index (χ4v) is 1.56. The minimum atomic E-state index is -4.44. The van der Waals surface area contributed by atoms with Gasteiger partial charge in [-0.3, -0.25) is 4.79 Å². The summed E-state index contributed by atoms with van der Waals surface area (Å²) in [7, 11) is 1.10. The van der Waals surface area contributed by atoms with Gasteiger partial charge < -0.3 is 15.2 Å². The molecule has 0 aliphatic rings. The van der Waals surface area contributed by atoms with Crippen molar-refractivity contribution < 1.29 is 32.6 Å². The quantitative estimate of drug-likeness (QED) is 0.793. The Labute approximate surface area is 118 Å². The first-order valence-electron chi connectivity index (χ1n) is 5.92. The number of esters is 1. The molecule has 1 atom stereocenters. The predicted molar refractivity (Wildman–Crippen MR) is 66.2 cm³/mol. The van der Waals surface area contributed by atoms with Crippen molar-refractivity contribution in [2.24, 2.45) is 0 Å². The first-order valence-corrected chi connectivity index (χ1v) is 5.92. The lowest BCUT2D eigenvalue weighted by Crippen LogP contribution is -2.44. The molecule has 1 unspecified atom stereocenters. The van der Waals surface area contributed by atoms with Crippen LogP contribution < -0.4 is 5.32 Å². The molecule has 21 heavy (non-hydrogen) atoms. The van der Waals surface area contributed by atoms with Crippen LogP contribution in [0.15, 0.2) is 24.3 Å².